The van der Waals surface area contributed by atoms with Crippen LogP contribution in [0, 0.1) is 12.7 Å². The van der Waals surface area contributed by atoms with Crippen LogP contribution in [0.5, 0.6) is 11.5 Å². The molecule has 1 fully saturated rings. The highest BCUT2D eigenvalue weighted by molar-refractivity contribution is 6.39. The number of carbonyl (C=O) groups excluding carboxylic acids is 3. The molecule has 178 valence electrons. The quantitative estimate of drug-likeness (QED) is 0.394. The van der Waals surface area contributed by atoms with Crippen LogP contribution in [0.25, 0.3) is 6.08 Å². The van der Waals surface area contributed by atoms with Gasteiger partial charge >= 0.3 is 6.03 Å². The number of urea groups is 1. The fourth-order valence-corrected chi connectivity index (χ4v) is 3.52. The Kier molecular flexibility index (Phi) is 6.91. The maximum absolute atomic E-state index is 14.3. The second-order valence-corrected chi connectivity index (χ2v) is 7.82. The first kappa shape index (κ1) is 23.7. The molecule has 1 N–H and O–H groups in total. The van der Waals surface area contributed by atoms with Crippen molar-refractivity contribution in [3.63, 3.8) is 0 Å². The third kappa shape index (κ3) is 5.22. The summed E-state index contributed by atoms with van der Waals surface area (Å²) in [7, 11) is 0. The summed E-state index contributed by atoms with van der Waals surface area (Å²) < 4.78 is 25.9. The molecule has 0 aliphatic carbocycles. The normalized spacial score (nSPS) is 14.8. The van der Waals surface area contributed by atoms with Crippen molar-refractivity contribution in [2.24, 2.45) is 0 Å². The van der Waals surface area contributed by atoms with E-state index in [1.807, 2.05) is 38.1 Å². The second kappa shape index (κ2) is 10.2. The zero-order valence-corrected chi connectivity index (χ0v) is 19.2. The van der Waals surface area contributed by atoms with Gasteiger partial charge in [0.2, 0.25) is 0 Å². The van der Waals surface area contributed by atoms with Gasteiger partial charge in [0.25, 0.3) is 11.8 Å². The number of imide groups is 2. The van der Waals surface area contributed by atoms with E-state index in [1.54, 1.807) is 18.2 Å². The monoisotopic (exact) mass is 474 g/mol. The Morgan fingerprint density at radius 1 is 0.943 bits per heavy atom. The number of barbiturate groups is 1. The lowest BCUT2D eigenvalue weighted by atomic mass is 10.1. The van der Waals surface area contributed by atoms with E-state index in [1.165, 1.54) is 24.3 Å². The van der Waals surface area contributed by atoms with E-state index < -0.39 is 23.7 Å². The number of nitrogens with zero attached hydrogens (tertiary/aromatic N) is 1. The van der Waals surface area contributed by atoms with Crippen molar-refractivity contribution < 1.29 is 28.2 Å². The summed E-state index contributed by atoms with van der Waals surface area (Å²) in [5.41, 5.74) is 2.05. The molecule has 4 amide bonds. The molecule has 0 aromatic heterocycles. The number of hydrogen-bond donors (Lipinski definition) is 1. The van der Waals surface area contributed by atoms with Crippen molar-refractivity contribution in [3.05, 3.63) is 94.8 Å². The van der Waals surface area contributed by atoms with Gasteiger partial charge in [0.05, 0.1) is 12.3 Å². The molecule has 3 aromatic carbocycles. The summed E-state index contributed by atoms with van der Waals surface area (Å²) >= 11 is 0. The van der Waals surface area contributed by atoms with Gasteiger partial charge in [-0.2, -0.15) is 0 Å². The van der Waals surface area contributed by atoms with E-state index in [0.29, 0.717) is 35.2 Å². The first-order valence-corrected chi connectivity index (χ1v) is 11.0. The van der Waals surface area contributed by atoms with Gasteiger partial charge in [-0.3, -0.25) is 14.9 Å². The number of para-hydroxylation sites is 1. The summed E-state index contributed by atoms with van der Waals surface area (Å²) in [6.07, 6.45) is 1.32. The average molecular weight is 474 g/mol. The van der Waals surface area contributed by atoms with Crippen molar-refractivity contribution in [1.82, 2.24) is 5.32 Å². The Balaban J connectivity index is 1.61. The molecule has 8 heteroatoms. The number of halogens is 1. The molecule has 0 unspecified atom stereocenters. The maximum atomic E-state index is 14.3. The van der Waals surface area contributed by atoms with Gasteiger partial charge in [-0.1, -0.05) is 48.0 Å². The molecule has 0 spiro atoms. The van der Waals surface area contributed by atoms with Crippen LogP contribution in [0.3, 0.4) is 0 Å². The third-order valence-corrected chi connectivity index (χ3v) is 5.29. The molecule has 4 rings (SSSR count). The summed E-state index contributed by atoms with van der Waals surface area (Å²) in [6, 6.07) is 17.2. The van der Waals surface area contributed by atoms with Crippen LogP contribution >= 0.6 is 0 Å². The van der Waals surface area contributed by atoms with Crippen LogP contribution in [-0.2, 0) is 16.2 Å². The number of nitrogens with one attached hydrogen (secondary N) is 1. The Morgan fingerprint density at radius 2 is 1.69 bits per heavy atom. The van der Waals surface area contributed by atoms with E-state index >= 15 is 0 Å². The number of benzene rings is 3. The van der Waals surface area contributed by atoms with Gasteiger partial charge in [-0.05, 0) is 55.3 Å². The largest absolute Gasteiger partial charge is 0.490 e. The molecule has 0 radical (unpaired) electrons. The predicted octanol–water partition coefficient (Wildman–Crippen LogP) is 4.78. The highest BCUT2D eigenvalue weighted by Gasteiger charge is 2.37. The number of rotatable bonds is 7. The lowest BCUT2D eigenvalue weighted by Crippen LogP contribution is -2.54. The van der Waals surface area contributed by atoms with Gasteiger partial charge in [0.1, 0.15) is 18.0 Å². The van der Waals surface area contributed by atoms with Crippen LogP contribution in [0.4, 0.5) is 14.9 Å². The number of anilines is 1. The van der Waals surface area contributed by atoms with Crippen molar-refractivity contribution in [1.29, 1.82) is 0 Å². The van der Waals surface area contributed by atoms with Crippen molar-refractivity contribution in [3.8, 4) is 11.5 Å². The molecule has 1 aliphatic rings. The van der Waals surface area contributed by atoms with Crippen LogP contribution in [0.2, 0.25) is 0 Å². The van der Waals surface area contributed by atoms with Crippen LogP contribution in [0.1, 0.15) is 23.6 Å². The minimum atomic E-state index is -1.02. The third-order valence-electron chi connectivity index (χ3n) is 5.29. The molecule has 1 saturated heterocycles. The van der Waals surface area contributed by atoms with Crippen molar-refractivity contribution in [2.75, 3.05) is 11.5 Å². The van der Waals surface area contributed by atoms with E-state index in [-0.39, 0.29) is 11.3 Å². The van der Waals surface area contributed by atoms with Gasteiger partial charge in [-0.25, -0.2) is 14.1 Å². The number of carbonyl (C=O) groups is 3. The highest BCUT2D eigenvalue weighted by atomic mass is 19.1. The number of hydrogen-bond acceptors (Lipinski definition) is 5. The molecule has 3 aromatic rings. The SMILES string of the molecule is CCOc1cc(/C=C2/C(=O)NC(=O)N(c3ccccc3F)C2=O)ccc1OCc1ccc(C)cc1. The van der Waals surface area contributed by atoms with Crippen LogP contribution < -0.4 is 19.7 Å². The first-order valence-electron chi connectivity index (χ1n) is 11.0. The molecule has 7 nitrogen and oxygen atoms in total. The molecule has 0 atom stereocenters. The van der Waals surface area contributed by atoms with E-state index in [4.69, 9.17) is 9.47 Å². The van der Waals surface area contributed by atoms with E-state index in [9.17, 15) is 18.8 Å². The lowest BCUT2D eigenvalue weighted by Gasteiger charge is -2.26. The molecule has 1 heterocycles. The zero-order valence-electron chi connectivity index (χ0n) is 19.2. The first-order chi connectivity index (χ1) is 16.9. The summed E-state index contributed by atoms with van der Waals surface area (Å²) in [6.45, 7) is 4.54. The topological polar surface area (TPSA) is 84.9 Å². The summed E-state index contributed by atoms with van der Waals surface area (Å²) in [5.74, 6) is -1.64. The Labute approximate surface area is 201 Å². The van der Waals surface area contributed by atoms with Gasteiger partial charge in [0, 0.05) is 0 Å². The Hall–Kier alpha value is -4.46. The molecule has 0 saturated carbocycles. The molecule has 1 aliphatic heterocycles. The molecule has 35 heavy (non-hydrogen) atoms. The zero-order chi connectivity index (χ0) is 24.9. The van der Waals surface area contributed by atoms with Crippen molar-refractivity contribution >= 4 is 29.6 Å². The molecular weight excluding hydrogens is 451 g/mol. The lowest BCUT2D eigenvalue weighted by molar-refractivity contribution is -0.122. The highest BCUT2D eigenvalue weighted by Crippen LogP contribution is 2.31. The fraction of sp³-hybridized carbons (Fsp3) is 0.148. The summed E-state index contributed by atoms with van der Waals surface area (Å²) in [5, 5.41) is 2.09. The summed E-state index contributed by atoms with van der Waals surface area (Å²) in [4.78, 5) is 38.4. The number of aryl methyl sites for hydroxylation is 1. The molecule has 0 bridgehead atoms. The van der Waals surface area contributed by atoms with Gasteiger partial charge < -0.3 is 9.47 Å². The van der Waals surface area contributed by atoms with Crippen LogP contribution in [-0.4, -0.2) is 24.5 Å². The van der Waals surface area contributed by atoms with E-state index in [0.717, 1.165) is 17.2 Å². The van der Waals surface area contributed by atoms with Crippen LogP contribution in [0.15, 0.2) is 72.3 Å². The number of amides is 4. The maximum Gasteiger partial charge on any atom is 0.336 e. The predicted molar refractivity (Wildman–Crippen MR) is 129 cm³/mol. The second-order valence-electron chi connectivity index (χ2n) is 7.82. The van der Waals surface area contributed by atoms with E-state index in [2.05, 4.69) is 5.32 Å². The fourth-order valence-electron chi connectivity index (χ4n) is 3.52. The van der Waals surface area contributed by atoms with Crippen molar-refractivity contribution in [2.45, 2.75) is 20.5 Å². The standard InChI is InChI=1S/C27H23FN2O5/c1-3-34-24-15-19(12-13-23(24)35-16-18-10-8-17(2)9-11-18)14-20-25(31)29-27(33)30(26(20)32)22-7-5-4-6-21(22)28/h4-15H,3,16H2,1-2H3,(H,29,31,33)/b20-14-. The minimum Gasteiger partial charge on any atom is -0.490 e. The number of ether oxygens (including phenoxy) is 2. The van der Waals surface area contributed by atoms with Gasteiger partial charge in [0.15, 0.2) is 11.5 Å². The Morgan fingerprint density at radius 3 is 2.40 bits per heavy atom. The van der Waals surface area contributed by atoms with Gasteiger partial charge in [-0.15, -0.1) is 0 Å². The minimum absolute atomic E-state index is 0.247. The Bertz CT molecular complexity index is 1320. The smallest absolute Gasteiger partial charge is 0.336 e. The molecular formula is C27H23FN2O5. The average Bonchev–Trinajstić information content (AvgIpc) is 2.83.